The highest BCUT2D eigenvalue weighted by Crippen LogP contribution is 2.43. The number of alkyl halides is 1. The fraction of sp³-hybridized carbons (Fsp3) is 0.400. The second-order valence-electron chi connectivity index (χ2n) is 5.09. The summed E-state index contributed by atoms with van der Waals surface area (Å²) >= 11 is 3.25. The van der Waals surface area contributed by atoms with Crippen molar-refractivity contribution in [3.8, 4) is 0 Å². The number of allylic oxidation sites excluding steroid dienone is 1. The summed E-state index contributed by atoms with van der Waals surface area (Å²) in [6.07, 6.45) is 6.66. The predicted molar refractivity (Wildman–Crippen MR) is 76.8 cm³/mol. The van der Waals surface area contributed by atoms with E-state index in [9.17, 15) is 4.79 Å². The first-order chi connectivity index (χ1) is 8.75. The van der Waals surface area contributed by atoms with Crippen LogP contribution in [0.25, 0.3) is 6.08 Å². The molecule has 0 radical (unpaired) electrons. The van der Waals surface area contributed by atoms with Gasteiger partial charge < -0.3 is 4.90 Å². The number of likely N-dealkylation sites (tertiary alicyclic amines) is 1. The lowest BCUT2D eigenvalue weighted by molar-refractivity contribution is -0.129. The van der Waals surface area contributed by atoms with Gasteiger partial charge in [-0.1, -0.05) is 52.3 Å². The van der Waals surface area contributed by atoms with Gasteiger partial charge in [-0.25, -0.2) is 0 Å². The molecule has 3 rings (SSSR count). The maximum Gasteiger partial charge on any atom is 0.233 e. The molecule has 3 heteroatoms. The molecule has 1 saturated heterocycles. The number of fused-ring (bicyclic) bond motifs is 2. The molecule has 0 bridgehead atoms. The zero-order chi connectivity index (χ0) is 12.6. The van der Waals surface area contributed by atoms with Gasteiger partial charge in [0.15, 0.2) is 0 Å². The van der Waals surface area contributed by atoms with E-state index in [1.807, 2.05) is 4.90 Å². The topological polar surface area (TPSA) is 20.3 Å². The van der Waals surface area contributed by atoms with Gasteiger partial charge in [-0.2, -0.15) is 0 Å². The van der Waals surface area contributed by atoms with Crippen LogP contribution in [0.1, 0.15) is 24.0 Å². The summed E-state index contributed by atoms with van der Waals surface area (Å²) in [5.41, 5.74) is 2.97. The van der Waals surface area contributed by atoms with Crippen LogP contribution in [0.2, 0.25) is 0 Å². The zero-order valence-electron chi connectivity index (χ0n) is 10.2. The number of amides is 1. The first kappa shape index (κ1) is 12.0. The van der Waals surface area contributed by atoms with E-state index in [1.165, 1.54) is 11.1 Å². The highest BCUT2D eigenvalue weighted by atomic mass is 79.9. The first-order valence-corrected chi connectivity index (χ1v) is 7.50. The minimum atomic E-state index is 0.180. The standard InChI is InChI=1S/C15H16BrNO/c16-11-14(18)17-9-7-15(8-10-17)6-5-12-3-1-2-4-13(12)15/h1-6H,7-11H2. The average molecular weight is 306 g/mol. The quantitative estimate of drug-likeness (QED) is 0.731. The Hall–Kier alpha value is -1.09. The summed E-state index contributed by atoms with van der Waals surface area (Å²) in [6, 6.07) is 8.61. The molecule has 0 saturated carbocycles. The van der Waals surface area contributed by atoms with Gasteiger partial charge in [0.05, 0.1) is 5.33 Å². The summed E-state index contributed by atoms with van der Waals surface area (Å²) in [5.74, 6) is 0.208. The number of piperidine rings is 1. The Bertz CT molecular complexity index is 501. The van der Waals surface area contributed by atoms with E-state index >= 15 is 0 Å². The SMILES string of the molecule is O=C(CBr)N1CCC2(C=Cc3ccccc32)CC1. The van der Waals surface area contributed by atoms with Crippen LogP contribution < -0.4 is 0 Å². The van der Waals surface area contributed by atoms with Gasteiger partial charge in [0.2, 0.25) is 5.91 Å². The monoisotopic (exact) mass is 305 g/mol. The summed E-state index contributed by atoms with van der Waals surface area (Å²) in [4.78, 5) is 13.6. The molecule has 1 heterocycles. The minimum absolute atomic E-state index is 0.180. The smallest absolute Gasteiger partial charge is 0.233 e. The van der Waals surface area contributed by atoms with Crippen LogP contribution in [-0.4, -0.2) is 29.2 Å². The van der Waals surface area contributed by atoms with Crippen LogP contribution in [0.3, 0.4) is 0 Å². The van der Waals surface area contributed by atoms with Crippen molar-refractivity contribution in [2.75, 3.05) is 18.4 Å². The van der Waals surface area contributed by atoms with Gasteiger partial charge in [-0.15, -0.1) is 0 Å². The van der Waals surface area contributed by atoms with Gasteiger partial charge in [-0.05, 0) is 24.0 Å². The number of hydrogen-bond acceptors (Lipinski definition) is 1. The normalized spacial score (nSPS) is 20.2. The summed E-state index contributed by atoms with van der Waals surface area (Å²) in [5, 5.41) is 0.437. The van der Waals surface area contributed by atoms with E-state index in [0.717, 1.165) is 25.9 Å². The molecular formula is C15H16BrNO. The van der Waals surface area contributed by atoms with Crippen molar-refractivity contribution in [3.05, 3.63) is 41.5 Å². The van der Waals surface area contributed by atoms with Crippen molar-refractivity contribution >= 4 is 27.9 Å². The number of carbonyl (C=O) groups excluding carboxylic acids is 1. The van der Waals surface area contributed by atoms with E-state index in [0.29, 0.717) is 5.33 Å². The molecule has 2 nitrogen and oxygen atoms in total. The van der Waals surface area contributed by atoms with Crippen LogP contribution >= 0.6 is 15.9 Å². The second kappa shape index (κ2) is 4.54. The molecule has 0 aromatic heterocycles. The summed E-state index contributed by atoms with van der Waals surface area (Å²) in [6.45, 7) is 1.73. The molecule has 1 aromatic rings. The molecule has 0 unspecified atom stereocenters. The highest BCUT2D eigenvalue weighted by Gasteiger charge is 2.38. The third-order valence-corrected chi connectivity index (χ3v) is 4.68. The molecular weight excluding hydrogens is 290 g/mol. The number of carbonyl (C=O) groups is 1. The fourth-order valence-electron chi connectivity index (χ4n) is 3.11. The molecule has 1 fully saturated rings. The van der Waals surface area contributed by atoms with Gasteiger partial charge in [-0.3, -0.25) is 4.79 Å². The number of halogens is 1. The number of hydrogen-bond donors (Lipinski definition) is 0. The molecule has 1 aromatic carbocycles. The largest absolute Gasteiger partial charge is 0.342 e. The Morgan fingerprint density at radius 2 is 2.00 bits per heavy atom. The van der Waals surface area contributed by atoms with Crippen LogP contribution in [0.4, 0.5) is 0 Å². The van der Waals surface area contributed by atoms with Crippen molar-refractivity contribution in [1.29, 1.82) is 0 Å². The van der Waals surface area contributed by atoms with Crippen LogP contribution in [-0.2, 0) is 10.2 Å². The van der Waals surface area contributed by atoms with Gasteiger partial charge >= 0.3 is 0 Å². The Labute approximate surface area is 116 Å². The van der Waals surface area contributed by atoms with E-state index in [-0.39, 0.29) is 11.3 Å². The maximum atomic E-state index is 11.7. The molecule has 1 aliphatic carbocycles. The predicted octanol–water partition coefficient (Wildman–Crippen LogP) is 2.97. The van der Waals surface area contributed by atoms with Gasteiger partial charge in [0.25, 0.3) is 0 Å². The van der Waals surface area contributed by atoms with E-state index in [4.69, 9.17) is 0 Å². The summed E-state index contributed by atoms with van der Waals surface area (Å²) < 4.78 is 0. The Morgan fingerprint density at radius 1 is 1.28 bits per heavy atom. The first-order valence-electron chi connectivity index (χ1n) is 6.38. The molecule has 0 N–H and O–H groups in total. The lowest BCUT2D eigenvalue weighted by atomic mass is 9.74. The zero-order valence-corrected chi connectivity index (χ0v) is 11.8. The molecule has 2 aliphatic rings. The maximum absolute atomic E-state index is 11.7. The van der Waals surface area contributed by atoms with Gasteiger partial charge in [0, 0.05) is 18.5 Å². The molecule has 1 amide bonds. The third-order valence-electron chi connectivity index (χ3n) is 4.20. The van der Waals surface area contributed by atoms with E-state index in [1.54, 1.807) is 0 Å². The Kier molecular flexibility index (Phi) is 3.02. The van der Waals surface area contributed by atoms with Crippen molar-refractivity contribution < 1.29 is 4.79 Å². The Morgan fingerprint density at radius 3 is 2.72 bits per heavy atom. The number of rotatable bonds is 1. The summed E-state index contributed by atoms with van der Waals surface area (Å²) in [7, 11) is 0. The Balaban J connectivity index is 1.81. The minimum Gasteiger partial charge on any atom is -0.342 e. The molecule has 1 aliphatic heterocycles. The van der Waals surface area contributed by atoms with Crippen LogP contribution in [0.5, 0.6) is 0 Å². The fourth-order valence-corrected chi connectivity index (χ4v) is 3.47. The van der Waals surface area contributed by atoms with Crippen molar-refractivity contribution in [1.82, 2.24) is 4.90 Å². The third kappa shape index (κ3) is 1.81. The van der Waals surface area contributed by atoms with E-state index in [2.05, 4.69) is 52.3 Å². The number of nitrogens with zero attached hydrogens (tertiary/aromatic N) is 1. The lowest BCUT2D eigenvalue weighted by Gasteiger charge is -2.39. The molecule has 18 heavy (non-hydrogen) atoms. The second-order valence-corrected chi connectivity index (χ2v) is 5.65. The highest BCUT2D eigenvalue weighted by molar-refractivity contribution is 9.09. The molecule has 94 valence electrons. The van der Waals surface area contributed by atoms with Gasteiger partial charge in [0.1, 0.15) is 0 Å². The van der Waals surface area contributed by atoms with E-state index < -0.39 is 0 Å². The molecule has 1 spiro atoms. The number of benzene rings is 1. The molecule has 0 atom stereocenters. The van der Waals surface area contributed by atoms with Crippen molar-refractivity contribution in [3.63, 3.8) is 0 Å². The van der Waals surface area contributed by atoms with Crippen LogP contribution in [0, 0.1) is 0 Å². The van der Waals surface area contributed by atoms with Crippen LogP contribution in [0.15, 0.2) is 30.3 Å². The van der Waals surface area contributed by atoms with Crippen molar-refractivity contribution in [2.24, 2.45) is 0 Å². The van der Waals surface area contributed by atoms with Crippen molar-refractivity contribution in [2.45, 2.75) is 18.3 Å². The lowest BCUT2D eigenvalue weighted by Crippen LogP contribution is -2.44. The average Bonchev–Trinajstić information content (AvgIpc) is 2.78.